The zero-order valence-electron chi connectivity index (χ0n) is 11.6. The van der Waals surface area contributed by atoms with Crippen LogP contribution in [0.4, 0.5) is 11.4 Å². The van der Waals surface area contributed by atoms with Crippen LogP contribution in [0.2, 0.25) is 0 Å². The summed E-state index contributed by atoms with van der Waals surface area (Å²) in [5.41, 5.74) is 7.37. The van der Waals surface area contributed by atoms with Crippen LogP contribution in [-0.4, -0.2) is 19.1 Å². The lowest BCUT2D eigenvalue weighted by molar-refractivity contribution is -0.386. The number of nitro groups is 1. The first-order valence-corrected chi connectivity index (χ1v) is 7.42. The highest BCUT2D eigenvalue weighted by molar-refractivity contribution is 7.84. The number of nitrogen functional groups attached to an aromatic ring is 1. The first-order valence-electron chi connectivity index (χ1n) is 6.10. The fourth-order valence-corrected chi connectivity index (χ4v) is 3.16. The minimum absolute atomic E-state index is 0.00555. The number of rotatable bonds is 4. The second-order valence-corrected chi connectivity index (χ2v) is 5.87. The van der Waals surface area contributed by atoms with E-state index in [1.54, 1.807) is 26.0 Å². The van der Waals surface area contributed by atoms with E-state index in [0.29, 0.717) is 22.5 Å². The van der Waals surface area contributed by atoms with Crippen LogP contribution >= 0.6 is 0 Å². The van der Waals surface area contributed by atoms with Crippen molar-refractivity contribution >= 4 is 22.2 Å². The lowest BCUT2D eigenvalue weighted by Gasteiger charge is -2.08. The Balaban J connectivity index is 2.37. The Morgan fingerprint density at radius 2 is 2.10 bits per heavy atom. The Bertz CT molecular complexity index is 733. The van der Waals surface area contributed by atoms with Crippen LogP contribution in [0.1, 0.15) is 16.8 Å². The number of aryl methyl sites for hydroxylation is 1. The summed E-state index contributed by atoms with van der Waals surface area (Å²) in [5, 5.41) is 11.3. The van der Waals surface area contributed by atoms with E-state index in [9.17, 15) is 14.3 Å². The molecule has 0 saturated heterocycles. The van der Waals surface area contributed by atoms with Crippen LogP contribution in [0.3, 0.4) is 0 Å². The Hall–Kier alpha value is -2.35. The molecule has 0 fully saturated rings. The number of nitrogens with zero attached hydrogens (tertiary/aromatic N) is 3. The quantitative estimate of drug-likeness (QED) is 0.682. The van der Waals surface area contributed by atoms with Crippen molar-refractivity contribution in [3.63, 3.8) is 0 Å². The minimum Gasteiger partial charge on any atom is -0.396 e. The van der Waals surface area contributed by atoms with E-state index < -0.39 is 15.7 Å². The van der Waals surface area contributed by atoms with Crippen LogP contribution in [-0.2, 0) is 16.6 Å². The molecule has 0 bridgehead atoms. The Kier molecular flexibility index (Phi) is 4.27. The van der Waals surface area contributed by atoms with Gasteiger partial charge in [-0.25, -0.2) is 4.98 Å². The summed E-state index contributed by atoms with van der Waals surface area (Å²) in [6.45, 7) is 3.22. The van der Waals surface area contributed by atoms with Gasteiger partial charge in [-0.05, 0) is 26.0 Å². The molecule has 110 valence electrons. The van der Waals surface area contributed by atoms with E-state index in [1.165, 1.54) is 12.4 Å². The SMILES string of the molecule is Cc1cnc(CS(=O)c2ncccc2N)c(C)c1[N+](=O)[O-]. The lowest BCUT2D eigenvalue weighted by Crippen LogP contribution is -2.07. The molecule has 1 atom stereocenters. The molecule has 0 aliphatic carbocycles. The normalized spacial score (nSPS) is 12.1. The third-order valence-electron chi connectivity index (χ3n) is 3.04. The average Bonchev–Trinajstić information content (AvgIpc) is 2.42. The highest BCUT2D eigenvalue weighted by Crippen LogP contribution is 2.26. The fraction of sp³-hybridized carbons (Fsp3) is 0.231. The summed E-state index contributed by atoms with van der Waals surface area (Å²) in [6.07, 6.45) is 2.92. The summed E-state index contributed by atoms with van der Waals surface area (Å²) in [7, 11) is -1.51. The van der Waals surface area contributed by atoms with Gasteiger partial charge in [-0.3, -0.25) is 19.3 Å². The van der Waals surface area contributed by atoms with Gasteiger partial charge in [0.15, 0.2) is 0 Å². The highest BCUT2D eigenvalue weighted by Gasteiger charge is 2.21. The molecule has 2 aromatic rings. The monoisotopic (exact) mass is 306 g/mol. The number of hydrogen-bond acceptors (Lipinski definition) is 6. The molecular formula is C13H14N4O3S. The van der Waals surface area contributed by atoms with E-state index in [0.717, 1.165) is 0 Å². The topological polar surface area (TPSA) is 112 Å². The lowest BCUT2D eigenvalue weighted by atomic mass is 10.1. The molecule has 0 saturated carbocycles. The van der Waals surface area contributed by atoms with Gasteiger partial charge in [0.25, 0.3) is 5.69 Å². The zero-order valence-corrected chi connectivity index (χ0v) is 12.4. The summed E-state index contributed by atoms with van der Waals surface area (Å²) in [5.74, 6) is 0.0359. The van der Waals surface area contributed by atoms with Crippen LogP contribution in [0.25, 0.3) is 0 Å². The summed E-state index contributed by atoms with van der Waals surface area (Å²) in [6, 6.07) is 3.26. The standard InChI is InChI=1S/C13H14N4O3S/c1-8-6-16-11(9(2)12(8)17(18)19)7-21(20)13-10(14)4-3-5-15-13/h3-6H,7,14H2,1-2H3. The van der Waals surface area contributed by atoms with Gasteiger partial charge in [0, 0.05) is 23.5 Å². The molecule has 0 amide bonds. The fourth-order valence-electron chi connectivity index (χ4n) is 1.98. The van der Waals surface area contributed by atoms with Gasteiger partial charge in [-0.15, -0.1) is 0 Å². The Labute approximate surface area is 123 Å². The van der Waals surface area contributed by atoms with Crippen molar-refractivity contribution in [3.8, 4) is 0 Å². The number of pyridine rings is 2. The smallest absolute Gasteiger partial charge is 0.278 e. The number of anilines is 1. The van der Waals surface area contributed by atoms with Crippen LogP contribution < -0.4 is 5.73 Å². The van der Waals surface area contributed by atoms with Gasteiger partial charge in [0.05, 0.1) is 32.9 Å². The molecule has 2 rings (SSSR count). The molecule has 0 radical (unpaired) electrons. The second kappa shape index (κ2) is 5.96. The van der Waals surface area contributed by atoms with Gasteiger partial charge in [-0.2, -0.15) is 0 Å². The molecule has 2 aromatic heterocycles. The molecule has 8 heteroatoms. The van der Waals surface area contributed by atoms with Gasteiger partial charge in [-0.1, -0.05) is 0 Å². The van der Waals surface area contributed by atoms with Crippen molar-refractivity contribution < 1.29 is 9.13 Å². The third-order valence-corrected chi connectivity index (χ3v) is 4.35. The third kappa shape index (κ3) is 3.05. The van der Waals surface area contributed by atoms with Crippen molar-refractivity contribution in [3.05, 3.63) is 51.5 Å². The Morgan fingerprint density at radius 1 is 1.38 bits per heavy atom. The minimum atomic E-state index is -1.51. The molecule has 1 unspecified atom stereocenters. The Morgan fingerprint density at radius 3 is 2.71 bits per heavy atom. The maximum atomic E-state index is 12.3. The van der Waals surface area contributed by atoms with Crippen LogP contribution in [0.15, 0.2) is 29.6 Å². The van der Waals surface area contributed by atoms with E-state index in [4.69, 9.17) is 5.73 Å². The van der Waals surface area contributed by atoms with Gasteiger partial charge in [0.1, 0.15) is 5.03 Å². The molecule has 0 aromatic carbocycles. The van der Waals surface area contributed by atoms with E-state index in [2.05, 4.69) is 9.97 Å². The van der Waals surface area contributed by atoms with Gasteiger partial charge >= 0.3 is 0 Å². The molecule has 0 aliphatic heterocycles. The highest BCUT2D eigenvalue weighted by atomic mass is 32.2. The number of hydrogen-bond donors (Lipinski definition) is 1. The first-order chi connectivity index (χ1) is 9.91. The zero-order chi connectivity index (χ0) is 15.6. The van der Waals surface area contributed by atoms with Gasteiger partial charge in [0.2, 0.25) is 0 Å². The number of nitrogens with two attached hydrogens (primary N) is 1. The van der Waals surface area contributed by atoms with E-state index in [-0.39, 0.29) is 16.5 Å². The predicted molar refractivity (Wildman–Crippen MR) is 79.1 cm³/mol. The molecule has 7 nitrogen and oxygen atoms in total. The maximum absolute atomic E-state index is 12.3. The summed E-state index contributed by atoms with van der Waals surface area (Å²) >= 11 is 0. The molecule has 2 N–H and O–H groups in total. The largest absolute Gasteiger partial charge is 0.396 e. The molecule has 2 heterocycles. The summed E-state index contributed by atoms with van der Waals surface area (Å²) in [4.78, 5) is 18.8. The van der Waals surface area contributed by atoms with Crippen molar-refractivity contribution in [2.45, 2.75) is 24.6 Å². The second-order valence-electron chi connectivity index (χ2n) is 4.51. The average molecular weight is 306 g/mol. The molecule has 0 aliphatic rings. The number of aromatic nitrogens is 2. The first kappa shape index (κ1) is 15.0. The van der Waals surface area contributed by atoms with Crippen molar-refractivity contribution in [2.75, 3.05) is 5.73 Å². The van der Waals surface area contributed by atoms with Crippen LogP contribution in [0, 0.1) is 24.0 Å². The molecule has 21 heavy (non-hydrogen) atoms. The van der Waals surface area contributed by atoms with E-state index >= 15 is 0 Å². The maximum Gasteiger partial charge on any atom is 0.278 e. The van der Waals surface area contributed by atoms with Gasteiger partial charge < -0.3 is 5.73 Å². The van der Waals surface area contributed by atoms with E-state index in [1.807, 2.05) is 0 Å². The van der Waals surface area contributed by atoms with Crippen LogP contribution in [0.5, 0.6) is 0 Å². The summed E-state index contributed by atoms with van der Waals surface area (Å²) < 4.78 is 12.3. The predicted octanol–water partition coefficient (Wildman–Crippen LogP) is 1.89. The molecular weight excluding hydrogens is 292 g/mol. The molecule has 0 spiro atoms. The van der Waals surface area contributed by atoms with Crippen molar-refractivity contribution in [1.29, 1.82) is 0 Å². The van der Waals surface area contributed by atoms with Crippen molar-refractivity contribution in [1.82, 2.24) is 9.97 Å². The van der Waals surface area contributed by atoms with Crippen molar-refractivity contribution in [2.24, 2.45) is 0 Å².